The van der Waals surface area contributed by atoms with Gasteiger partial charge in [0.1, 0.15) is 0 Å². The lowest BCUT2D eigenvalue weighted by atomic mass is 9.94. The van der Waals surface area contributed by atoms with E-state index in [1.165, 1.54) is 0 Å². The van der Waals surface area contributed by atoms with Gasteiger partial charge in [-0.25, -0.2) is 0 Å². The van der Waals surface area contributed by atoms with Crippen molar-refractivity contribution in [2.75, 3.05) is 6.61 Å². The van der Waals surface area contributed by atoms with Gasteiger partial charge in [0.05, 0.1) is 12.7 Å². The molecule has 1 heteroatoms. The molecule has 1 saturated heterocycles. The average Bonchev–Trinajstić information content (AvgIpc) is 1.88. The lowest BCUT2D eigenvalue weighted by Gasteiger charge is -2.33. The molecule has 0 N–H and O–H groups in total. The lowest BCUT2D eigenvalue weighted by Crippen LogP contribution is -2.37. The molecule has 0 saturated carbocycles. The summed E-state index contributed by atoms with van der Waals surface area (Å²) in [5.41, 5.74) is 0. The van der Waals surface area contributed by atoms with Gasteiger partial charge in [-0.05, 0) is 13.3 Å². The minimum atomic E-state index is 0.316. The minimum absolute atomic E-state index is 0.316. The quantitative estimate of drug-likeness (QED) is 0.543. The predicted molar refractivity (Wildman–Crippen MR) is 42.9 cm³/mol. The minimum Gasteiger partial charge on any atom is -0.373 e. The third-order valence-electron chi connectivity index (χ3n) is 1.87. The molecule has 1 fully saturated rings. The van der Waals surface area contributed by atoms with Crippen molar-refractivity contribution in [2.24, 2.45) is 5.92 Å². The second-order valence-corrected chi connectivity index (χ2v) is 2.60. The average molecular weight is 138 g/mol. The van der Waals surface area contributed by atoms with Gasteiger partial charge in [-0.3, -0.25) is 0 Å². The molecule has 1 aliphatic rings. The highest BCUT2D eigenvalue weighted by atomic mass is 16.5. The molecule has 0 aromatic heterocycles. The van der Waals surface area contributed by atoms with E-state index in [1.54, 1.807) is 0 Å². The molecule has 10 heavy (non-hydrogen) atoms. The van der Waals surface area contributed by atoms with Crippen LogP contribution in [0.1, 0.15) is 13.3 Å². The van der Waals surface area contributed by atoms with Crippen LogP contribution in [-0.2, 0) is 4.74 Å². The van der Waals surface area contributed by atoms with Crippen molar-refractivity contribution in [1.29, 1.82) is 0 Å². The Balaban J connectivity index is 2.22. The maximum absolute atomic E-state index is 5.24. The van der Waals surface area contributed by atoms with Gasteiger partial charge in [0.15, 0.2) is 0 Å². The van der Waals surface area contributed by atoms with E-state index in [-0.39, 0.29) is 0 Å². The van der Waals surface area contributed by atoms with E-state index in [2.05, 4.69) is 18.7 Å². The fourth-order valence-corrected chi connectivity index (χ4v) is 1.12. The second-order valence-electron chi connectivity index (χ2n) is 2.60. The van der Waals surface area contributed by atoms with E-state index in [4.69, 9.17) is 4.74 Å². The zero-order chi connectivity index (χ0) is 7.40. The molecule has 0 aliphatic carbocycles. The third-order valence-corrected chi connectivity index (χ3v) is 1.87. The van der Waals surface area contributed by atoms with Crippen LogP contribution in [0.2, 0.25) is 0 Å². The van der Waals surface area contributed by atoms with E-state index < -0.39 is 0 Å². The van der Waals surface area contributed by atoms with Crippen LogP contribution in [0.25, 0.3) is 0 Å². The molecule has 0 aromatic carbocycles. The molecule has 0 spiro atoms. The highest BCUT2D eigenvalue weighted by Crippen LogP contribution is 2.24. The molecule has 56 valence electrons. The number of hydrogen-bond acceptors (Lipinski definition) is 1. The smallest absolute Gasteiger partial charge is 0.0806 e. The molecule has 0 amide bonds. The predicted octanol–water partition coefficient (Wildman–Crippen LogP) is 2.15. The molecule has 1 heterocycles. The summed E-state index contributed by atoms with van der Waals surface area (Å²) in [5, 5.41) is 0. The summed E-state index contributed by atoms with van der Waals surface area (Å²) in [6, 6.07) is 0. The van der Waals surface area contributed by atoms with Gasteiger partial charge >= 0.3 is 0 Å². The first-order valence-corrected chi connectivity index (χ1v) is 3.73. The Morgan fingerprint density at radius 2 is 2.50 bits per heavy atom. The number of rotatable bonds is 3. The highest BCUT2D eigenvalue weighted by molar-refractivity contribution is 4.95. The Kier molecular flexibility index (Phi) is 2.69. The normalized spacial score (nSPS) is 32.1. The Morgan fingerprint density at radius 3 is 2.90 bits per heavy atom. The van der Waals surface area contributed by atoms with Gasteiger partial charge in [0.25, 0.3) is 0 Å². The number of allylic oxidation sites excluding steroid dienone is 2. The van der Waals surface area contributed by atoms with E-state index in [1.807, 2.05) is 13.0 Å². The van der Waals surface area contributed by atoms with E-state index in [9.17, 15) is 0 Å². The van der Waals surface area contributed by atoms with Crippen molar-refractivity contribution in [2.45, 2.75) is 19.4 Å². The summed E-state index contributed by atoms with van der Waals surface area (Å²) in [5.74, 6) is 0.689. The van der Waals surface area contributed by atoms with Crippen LogP contribution in [0.4, 0.5) is 0 Å². The van der Waals surface area contributed by atoms with Crippen molar-refractivity contribution in [3.8, 4) is 0 Å². The van der Waals surface area contributed by atoms with Crippen LogP contribution in [0.3, 0.4) is 0 Å². The first-order chi connectivity index (χ1) is 4.88. The molecule has 0 aromatic rings. The van der Waals surface area contributed by atoms with E-state index in [0.29, 0.717) is 12.0 Å². The molecule has 1 aliphatic heterocycles. The molecular weight excluding hydrogens is 124 g/mol. The zero-order valence-corrected chi connectivity index (χ0v) is 6.42. The summed E-state index contributed by atoms with van der Waals surface area (Å²) in [6.45, 7) is 6.64. The van der Waals surface area contributed by atoms with Crippen molar-refractivity contribution in [1.82, 2.24) is 0 Å². The van der Waals surface area contributed by atoms with Gasteiger partial charge in [-0.1, -0.05) is 18.2 Å². The first kappa shape index (κ1) is 7.55. The Labute approximate surface area is 62.4 Å². The van der Waals surface area contributed by atoms with Gasteiger partial charge < -0.3 is 4.74 Å². The summed E-state index contributed by atoms with van der Waals surface area (Å²) >= 11 is 0. The number of ether oxygens (including phenoxy) is 1. The van der Waals surface area contributed by atoms with Crippen molar-refractivity contribution < 1.29 is 4.74 Å². The van der Waals surface area contributed by atoms with Gasteiger partial charge in [0.2, 0.25) is 0 Å². The fourth-order valence-electron chi connectivity index (χ4n) is 1.12. The summed E-state index contributed by atoms with van der Waals surface area (Å²) in [4.78, 5) is 0. The Morgan fingerprint density at radius 1 is 1.70 bits per heavy atom. The molecule has 0 radical (unpaired) electrons. The Bertz CT molecular complexity index is 138. The van der Waals surface area contributed by atoms with Crippen LogP contribution in [0, 0.1) is 5.92 Å². The fraction of sp³-hybridized carbons (Fsp3) is 0.556. The standard InChI is InChI=1S/C9H14O/c1-3-5-6-8-7-10-9(8)4-2/h3-5,8-9H,2,6-7H2,1H3/b5-3-. The maximum atomic E-state index is 5.24. The first-order valence-electron chi connectivity index (χ1n) is 3.73. The van der Waals surface area contributed by atoms with E-state index >= 15 is 0 Å². The molecule has 0 bridgehead atoms. The van der Waals surface area contributed by atoms with Crippen molar-refractivity contribution in [3.05, 3.63) is 24.8 Å². The van der Waals surface area contributed by atoms with Gasteiger partial charge in [0, 0.05) is 5.92 Å². The topological polar surface area (TPSA) is 9.23 Å². The van der Waals surface area contributed by atoms with Crippen LogP contribution >= 0.6 is 0 Å². The summed E-state index contributed by atoms with van der Waals surface area (Å²) in [7, 11) is 0. The zero-order valence-electron chi connectivity index (χ0n) is 6.42. The maximum Gasteiger partial charge on any atom is 0.0806 e. The Hall–Kier alpha value is -0.560. The SMILES string of the molecule is C=CC1OCC1C/C=C\C. The van der Waals surface area contributed by atoms with Crippen LogP contribution in [0.15, 0.2) is 24.8 Å². The lowest BCUT2D eigenvalue weighted by molar-refractivity contribution is -0.0827. The van der Waals surface area contributed by atoms with Gasteiger partial charge in [-0.2, -0.15) is 0 Å². The summed E-state index contributed by atoms with van der Waals surface area (Å²) in [6.07, 6.45) is 7.60. The van der Waals surface area contributed by atoms with Crippen molar-refractivity contribution >= 4 is 0 Å². The monoisotopic (exact) mass is 138 g/mol. The second kappa shape index (κ2) is 3.57. The van der Waals surface area contributed by atoms with Crippen LogP contribution in [-0.4, -0.2) is 12.7 Å². The summed E-state index contributed by atoms with van der Waals surface area (Å²) < 4.78 is 5.24. The van der Waals surface area contributed by atoms with E-state index in [0.717, 1.165) is 13.0 Å². The van der Waals surface area contributed by atoms with Crippen LogP contribution < -0.4 is 0 Å². The highest BCUT2D eigenvalue weighted by Gasteiger charge is 2.27. The van der Waals surface area contributed by atoms with Crippen LogP contribution in [0.5, 0.6) is 0 Å². The third kappa shape index (κ3) is 1.48. The molecule has 1 rings (SSSR count). The van der Waals surface area contributed by atoms with Crippen molar-refractivity contribution in [3.63, 3.8) is 0 Å². The molecule has 1 nitrogen and oxygen atoms in total. The molecular formula is C9H14O. The molecule has 2 unspecified atom stereocenters. The van der Waals surface area contributed by atoms with Gasteiger partial charge in [-0.15, -0.1) is 6.58 Å². The largest absolute Gasteiger partial charge is 0.373 e. The number of hydrogen-bond donors (Lipinski definition) is 0. The molecule has 2 atom stereocenters.